The molecule has 26 heavy (non-hydrogen) atoms. The summed E-state index contributed by atoms with van der Waals surface area (Å²) in [5.74, 6) is 0.454. The van der Waals surface area contributed by atoms with E-state index in [9.17, 15) is 0 Å². The fourth-order valence-electron chi connectivity index (χ4n) is 2.69. The van der Waals surface area contributed by atoms with Crippen molar-refractivity contribution in [3.63, 3.8) is 0 Å². The summed E-state index contributed by atoms with van der Waals surface area (Å²) in [6.45, 7) is 8.45. The van der Waals surface area contributed by atoms with Crippen molar-refractivity contribution in [2.45, 2.75) is 30.0 Å². The number of alkyl halides is 1. The second-order valence-corrected chi connectivity index (χ2v) is 7.28. The predicted octanol–water partition coefficient (Wildman–Crippen LogP) is 5.56. The highest BCUT2D eigenvalue weighted by Crippen LogP contribution is 2.39. The number of thioether (sulfide) groups is 1. The Morgan fingerprint density at radius 2 is 1.50 bits per heavy atom. The zero-order valence-electron chi connectivity index (χ0n) is 16.2. The first-order valence-corrected chi connectivity index (χ1v) is 9.77. The maximum atomic E-state index is 8.00. The number of carbonyl (C=O) groups excluding carboxylic acids is 2. The molecular formula is C21H28ClNO2S. The average Bonchev–Trinajstić information content (AvgIpc) is 2.69. The molecule has 2 aromatic carbocycles. The van der Waals surface area contributed by atoms with Gasteiger partial charge in [0.1, 0.15) is 13.6 Å². The second kappa shape index (κ2) is 12.6. The van der Waals surface area contributed by atoms with Crippen LogP contribution in [0.3, 0.4) is 0 Å². The highest BCUT2D eigenvalue weighted by Gasteiger charge is 2.20. The molecule has 0 aromatic heterocycles. The molecule has 0 N–H and O–H groups in total. The number of rotatable bonds is 5. The molecular weight excluding hydrogens is 366 g/mol. The van der Waals surface area contributed by atoms with Crippen molar-refractivity contribution in [3.05, 3.63) is 59.2 Å². The van der Waals surface area contributed by atoms with Crippen molar-refractivity contribution in [3.8, 4) is 0 Å². The van der Waals surface area contributed by atoms with Crippen molar-refractivity contribution in [2.75, 3.05) is 25.3 Å². The monoisotopic (exact) mass is 393 g/mol. The molecule has 1 atom stereocenters. The third kappa shape index (κ3) is 6.19. The Bertz CT molecular complexity index is 675. The van der Waals surface area contributed by atoms with Crippen molar-refractivity contribution in [1.82, 2.24) is 0 Å². The first-order valence-electron chi connectivity index (χ1n) is 8.11. The summed E-state index contributed by atoms with van der Waals surface area (Å²) >= 11 is 8.67. The minimum Gasteiger partial charge on any atom is -0.377 e. The van der Waals surface area contributed by atoms with Crippen molar-refractivity contribution in [1.29, 1.82) is 0 Å². The van der Waals surface area contributed by atoms with Crippen LogP contribution in [0.4, 0.5) is 5.69 Å². The zero-order chi connectivity index (χ0) is 20.3. The standard InChI is InChI=1S/C19H24ClNS.2CH2O/c1-13(2)17-12-14(22-5)10-11-15(17)19(20)16-8-6-7-9-18(16)21(3)4;2*1-2/h6-13,19H,1-5H3;2*1H2. The van der Waals surface area contributed by atoms with Crippen LogP contribution >= 0.6 is 23.4 Å². The number of anilines is 1. The van der Waals surface area contributed by atoms with Gasteiger partial charge < -0.3 is 14.5 Å². The van der Waals surface area contributed by atoms with Crippen LogP contribution in [0.25, 0.3) is 0 Å². The molecule has 0 aliphatic rings. The Morgan fingerprint density at radius 1 is 0.923 bits per heavy atom. The van der Waals surface area contributed by atoms with Crippen LogP contribution in [-0.4, -0.2) is 33.9 Å². The van der Waals surface area contributed by atoms with Gasteiger partial charge in [0.25, 0.3) is 0 Å². The molecule has 0 spiro atoms. The average molecular weight is 394 g/mol. The number of carbonyl (C=O) groups is 2. The lowest BCUT2D eigenvalue weighted by Crippen LogP contribution is -2.12. The van der Waals surface area contributed by atoms with E-state index >= 15 is 0 Å². The van der Waals surface area contributed by atoms with Gasteiger partial charge >= 0.3 is 0 Å². The van der Waals surface area contributed by atoms with E-state index in [-0.39, 0.29) is 5.38 Å². The van der Waals surface area contributed by atoms with E-state index in [4.69, 9.17) is 21.2 Å². The molecule has 0 amide bonds. The summed E-state index contributed by atoms with van der Waals surface area (Å²) in [5, 5.41) is -0.132. The number of halogens is 1. The summed E-state index contributed by atoms with van der Waals surface area (Å²) in [4.78, 5) is 19.4. The molecule has 0 aliphatic carbocycles. The van der Waals surface area contributed by atoms with Crippen LogP contribution in [-0.2, 0) is 9.59 Å². The molecule has 0 heterocycles. The highest BCUT2D eigenvalue weighted by atomic mass is 35.5. The van der Waals surface area contributed by atoms with Crippen LogP contribution in [0.15, 0.2) is 47.4 Å². The van der Waals surface area contributed by atoms with Gasteiger partial charge in [0.2, 0.25) is 0 Å². The lowest BCUT2D eigenvalue weighted by Gasteiger charge is -2.23. The Labute approximate surface area is 166 Å². The quantitative estimate of drug-likeness (QED) is 0.492. The van der Waals surface area contributed by atoms with E-state index < -0.39 is 0 Å². The molecule has 2 rings (SSSR count). The summed E-state index contributed by atoms with van der Waals surface area (Å²) in [5.41, 5.74) is 4.88. The molecule has 3 nitrogen and oxygen atoms in total. The molecule has 0 saturated heterocycles. The van der Waals surface area contributed by atoms with Crippen LogP contribution < -0.4 is 4.90 Å². The molecule has 0 radical (unpaired) electrons. The second-order valence-electron chi connectivity index (χ2n) is 5.97. The van der Waals surface area contributed by atoms with Crippen LogP contribution in [0, 0.1) is 0 Å². The molecule has 1 unspecified atom stereocenters. The number of benzene rings is 2. The van der Waals surface area contributed by atoms with Crippen molar-refractivity contribution >= 4 is 42.6 Å². The lowest BCUT2D eigenvalue weighted by atomic mass is 9.92. The smallest absolute Gasteiger partial charge is 0.106 e. The number of hydrogen-bond acceptors (Lipinski definition) is 4. The fraction of sp³-hybridized carbons (Fsp3) is 0.333. The van der Waals surface area contributed by atoms with Gasteiger partial charge in [-0.1, -0.05) is 38.1 Å². The van der Waals surface area contributed by atoms with Crippen LogP contribution in [0.5, 0.6) is 0 Å². The molecule has 0 fully saturated rings. The predicted molar refractivity (Wildman–Crippen MR) is 115 cm³/mol. The van der Waals surface area contributed by atoms with E-state index in [0.717, 1.165) is 5.56 Å². The normalized spacial score (nSPS) is 10.9. The van der Waals surface area contributed by atoms with Gasteiger partial charge in [0.15, 0.2) is 0 Å². The minimum atomic E-state index is -0.132. The third-order valence-corrected chi connectivity index (χ3v) is 5.08. The van der Waals surface area contributed by atoms with E-state index in [1.54, 1.807) is 11.8 Å². The van der Waals surface area contributed by atoms with Gasteiger partial charge in [-0.3, -0.25) is 0 Å². The molecule has 5 heteroatoms. The van der Waals surface area contributed by atoms with E-state index in [1.165, 1.54) is 21.7 Å². The summed E-state index contributed by atoms with van der Waals surface area (Å²) in [6.07, 6.45) is 2.11. The van der Waals surface area contributed by atoms with Crippen LogP contribution in [0.1, 0.15) is 41.8 Å². The van der Waals surface area contributed by atoms with E-state index in [2.05, 4.69) is 81.6 Å². The molecule has 2 aromatic rings. The molecule has 142 valence electrons. The summed E-state index contributed by atoms with van der Waals surface area (Å²) < 4.78 is 0. The van der Waals surface area contributed by atoms with Gasteiger partial charge in [-0.2, -0.15) is 0 Å². The zero-order valence-corrected chi connectivity index (χ0v) is 17.7. The maximum absolute atomic E-state index is 8.00. The summed E-state index contributed by atoms with van der Waals surface area (Å²) in [6, 6.07) is 15.0. The molecule has 0 saturated carbocycles. The lowest BCUT2D eigenvalue weighted by molar-refractivity contribution is -0.0987. The Morgan fingerprint density at radius 3 is 2.00 bits per heavy atom. The maximum Gasteiger partial charge on any atom is 0.106 e. The minimum absolute atomic E-state index is 0.132. The number of hydrogen-bond donors (Lipinski definition) is 0. The van der Waals surface area contributed by atoms with Gasteiger partial charge in [-0.25, -0.2) is 0 Å². The Balaban J connectivity index is 0.00000146. The fourth-order valence-corrected chi connectivity index (χ4v) is 3.52. The van der Waals surface area contributed by atoms with Crippen LogP contribution in [0.2, 0.25) is 0 Å². The van der Waals surface area contributed by atoms with E-state index in [0.29, 0.717) is 5.92 Å². The largest absolute Gasteiger partial charge is 0.377 e. The van der Waals surface area contributed by atoms with Gasteiger partial charge in [-0.05, 0) is 47.1 Å². The third-order valence-electron chi connectivity index (χ3n) is 3.88. The summed E-state index contributed by atoms with van der Waals surface area (Å²) in [7, 11) is 4.12. The van der Waals surface area contributed by atoms with Crippen molar-refractivity contribution < 1.29 is 9.59 Å². The van der Waals surface area contributed by atoms with Gasteiger partial charge in [0.05, 0.1) is 5.38 Å². The van der Waals surface area contributed by atoms with Gasteiger partial charge in [0, 0.05) is 24.7 Å². The highest BCUT2D eigenvalue weighted by molar-refractivity contribution is 7.98. The van der Waals surface area contributed by atoms with Gasteiger partial charge in [-0.15, -0.1) is 23.4 Å². The van der Waals surface area contributed by atoms with E-state index in [1.807, 2.05) is 13.6 Å². The first kappa shape index (κ1) is 24.2. The number of para-hydroxylation sites is 1. The molecule has 0 aliphatic heterocycles. The number of nitrogens with zero attached hydrogens (tertiary/aromatic N) is 1. The molecule has 0 bridgehead atoms. The SMILES string of the molecule is C=O.C=O.CSc1ccc(C(Cl)c2ccccc2N(C)C)c(C(C)C)c1. The Hall–Kier alpha value is -1.78. The van der Waals surface area contributed by atoms with Crippen molar-refractivity contribution in [2.24, 2.45) is 0 Å². The Kier molecular flexibility index (Phi) is 11.7. The topological polar surface area (TPSA) is 37.4 Å². The first-order chi connectivity index (χ1) is 12.5.